The largest absolute Gasteiger partial charge is 0.480 e. The van der Waals surface area contributed by atoms with Gasteiger partial charge in [0.25, 0.3) is 0 Å². The minimum atomic E-state index is -3.76. The van der Waals surface area contributed by atoms with Crippen LogP contribution in [0.3, 0.4) is 0 Å². The second-order valence-corrected chi connectivity index (χ2v) is 4.54. The maximum absolute atomic E-state index is 11.1. The van der Waals surface area contributed by atoms with Crippen LogP contribution >= 0.6 is 0 Å². The fourth-order valence-electron chi connectivity index (χ4n) is 0.870. The molecule has 80 valence electrons. The highest BCUT2D eigenvalue weighted by atomic mass is 32.2. The van der Waals surface area contributed by atoms with Gasteiger partial charge in [-0.25, -0.2) is 13.1 Å². The number of sulfonamides is 1. The van der Waals surface area contributed by atoms with Gasteiger partial charge in [0.2, 0.25) is 10.0 Å². The van der Waals surface area contributed by atoms with Gasteiger partial charge in [-0.05, 0) is 6.42 Å². The van der Waals surface area contributed by atoms with Crippen LogP contribution in [0.1, 0.15) is 19.8 Å². The molecule has 0 spiro atoms. The average molecular weight is 219 g/mol. The predicted molar refractivity (Wildman–Crippen MR) is 52.1 cm³/mol. The van der Waals surface area contributed by atoms with E-state index in [-0.39, 0.29) is 12.5 Å². The third-order valence-electron chi connectivity index (χ3n) is 1.52. The van der Waals surface area contributed by atoms with Crippen molar-refractivity contribution < 1.29 is 18.3 Å². The Hall–Kier alpha value is -1.06. The van der Waals surface area contributed by atoms with Crippen LogP contribution in [-0.4, -0.2) is 31.3 Å². The Kier molecular flexibility index (Phi) is 5.20. The standard InChI is InChI=1S/C8H13NO4S/c1-3-5-7(4-2)9-14(12,13)6-8(10)11/h1,7,9H,4-6H2,2H3,(H,10,11). The van der Waals surface area contributed by atoms with Crippen molar-refractivity contribution in [1.82, 2.24) is 4.72 Å². The number of hydrogen-bond acceptors (Lipinski definition) is 3. The first kappa shape index (κ1) is 12.9. The van der Waals surface area contributed by atoms with Crippen LogP contribution in [0.25, 0.3) is 0 Å². The van der Waals surface area contributed by atoms with Crippen LogP contribution < -0.4 is 4.72 Å². The molecule has 0 bridgehead atoms. The number of carbonyl (C=O) groups is 1. The van der Waals surface area contributed by atoms with Crippen molar-refractivity contribution in [3.8, 4) is 12.3 Å². The van der Waals surface area contributed by atoms with Gasteiger partial charge in [-0.2, -0.15) is 0 Å². The normalized spacial score (nSPS) is 13.1. The lowest BCUT2D eigenvalue weighted by Gasteiger charge is -2.12. The van der Waals surface area contributed by atoms with Gasteiger partial charge in [0.1, 0.15) is 0 Å². The van der Waals surface area contributed by atoms with Crippen molar-refractivity contribution in [2.75, 3.05) is 5.75 Å². The van der Waals surface area contributed by atoms with Gasteiger partial charge in [0.15, 0.2) is 5.75 Å². The zero-order valence-corrected chi connectivity index (χ0v) is 8.67. The maximum Gasteiger partial charge on any atom is 0.320 e. The van der Waals surface area contributed by atoms with E-state index < -0.39 is 21.7 Å². The summed E-state index contributed by atoms with van der Waals surface area (Å²) >= 11 is 0. The molecule has 14 heavy (non-hydrogen) atoms. The topological polar surface area (TPSA) is 83.5 Å². The summed E-state index contributed by atoms with van der Waals surface area (Å²) in [6, 6.07) is -0.385. The summed E-state index contributed by atoms with van der Waals surface area (Å²) in [4.78, 5) is 10.2. The molecule has 0 aliphatic heterocycles. The second kappa shape index (κ2) is 5.62. The smallest absolute Gasteiger partial charge is 0.320 e. The van der Waals surface area contributed by atoms with E-state index in [0.717, 1.165) is 0 Å². The van der Waals surface area contributed by atoms with Crippen LogP contribution in [0, 0.1) is 12.3 Å². The fourth-order valence-corrected chi connectivity index (χ4v) is 2.04. The van der Waals surface area contributed by atoms with Gasteiger partial charge in [-0.15, -0.1) is 12.3 Å². The summed E-state index contributed by atoms with van der Waals surface area (Å²) in [6.45, 7) is 1.77. The van der Waals surface area contributed by atoms with Gasteiger partial charge >= 0.3 is 5.97 Å². The third kappa shape index (κ3) is 5.56. The molecule has 5 nitrogen and oxygen atoms in total. The SMILES string of the molecule is C#CCC(CC)NS(=O)(=O)CC(=O)O. The number of nitrogens with one attached hydrogen (secondary N) is 1. The van der Waals surface area contributed by atoms with Crippen LogP contribution in [0.4, 0.5) is 0 Å². The highest BCUT2D eigenvalue weighted by Crippen LogP contribution is 1.99. The predicted octanol–water partition coefficient (Wildman–Crippen LogP) is -0.208. The van der Waals surface area contributed by atoms with Gasteiger partial charge in [0.05, 0.1) is 0 Å². The number of carboxylic acid groups (broad SMARTS) is 1. The van der Waals surface area contributed by atoms with E-state index >= 15 is 0 Å². The molecule has 1 unspecified atom stereocenters. The Balaban J connectivity index is 4.34. The summed E-state index contributed by atoms with van der Waals surface area (Å²) in [5, 5.41) is 8.31. The van der Waals surface area contributed by atoms with Crippen molar-refractivity contribution in [1.29, 1.82) is 0 Å². The molecule has 2 N–H and O–H groups in total. The lowest BCUT2D eigenvalue weighted by molar-refractivity contribution is -0.134. The van der Waals surface area contributed by atoms with E-state index in [1.54, 1.807) is 6.92 Å². The van der Waals surface area contributed by atoms with Crippen LogP contribution in [0.5, 0.6) is 0 Å². The minimum Gasteiger partial charge on any atom is -0.480 e. The molecule has 0 radical (unpaired) electrons. The van der Waals surface area contributed by atoms with Gasteiger partial charge in [-0.1, -0.05) is 6.92 Å². The van der Waals surface area contributed by atoms with Crippen LogP contribution in [-0.2, 0) is 14.8 Å². The molecular weight excluding hydrogens is 206 g/mol. The number of rotatable bonds is 6. The maximum atomic E-state index is 11.1. The average Bonchev–Trinajstić information content (AvgIpc) is 2.00. The molecule has 0 saturated heterocycles. The Morgan fingerprint density at radius 3 is 2.57 bits per heavy atom. The molecule has 0 aliphatic rings. The molecule has 0 saturated carbocycles. The monoisotopic (exact) mass is 219 g/mol. The van der Waals surface area contributed by atoms with Crippen molar-refractivity contribution in [2.45, 2.75) is 25.8 Å². The molecule has 0 aromatic rings. The number of carboxylic acids is 1. The van der Waals surface area contributed by atoms with Gasteiger partial charge < -0.3 is 5.11 Å². The minimum absolute atomic E-state index is 0.259. The zero-order valence-electron chi connectivity index (χ0n) is 7.86. The van der Waals surface area contributed by atoms with Crippen molar-refractivity contribution in [3.05, 3.63) is 0 Å². The molecule has 1 atom stereocenters. The number of aliphatic carboxylic acids is 1. The Morgan fingerprint density at radius 1 is 1.64 bits per heavy atom. The molecule has 0 heterocycles. The molecule has 0 fully saturated rings. The lowest BCUT2D eigenvalue weighted by atomic mass is 10.2. The van der Waals surface area contributed by atoms with E-state index in [9.17, 15) is 13.2 Å². The molecule has 0 aromatic heterocycles. The summed E-state index contributed by atoms with van der Waals surface area (Å²) < 4.78 is 24.5. The van der Waals surface area contributed by atoms with Crippen molar-refractivity contribution in [2.24, 2.45) is 0 Å². The fraction of sp³-hybridized carbons (Fsp3) is 0.625. The zero-order chi connectivity index (χ0) is 11.2. The molecule has 6 heteroatoms. The Labute approximate surface area is 83.6 Å². The summed E-state index contributed by atoms with van der Waals surface area (Å²) in [5.74, 6) is 0.0163. The molecule has 0 aromatic carbocycles. The molecular formula is C8H13NO4S. The van der Waals surface area contributed by atoms with Crippen LogP contribution in [0.2, 0.25) is 0 Å². The van der Waals surface area contributed by atoms with E-state index in [2.05, 4.69) is 10.6 Å². The summed E-state index contributed by atoms with van der Waals surface area (Å²) in [5.41, 5.74) is 0. The van der Waals surface area contributed by atoms with Gasteiger partial charge in [-0.3, -0.25) is 4.79 Å². The third-order valence-corrected chi connectivity index (χ3v) is 2.84. The van der Waals surface area contributed by atoms with Crippen molar-refractivity contribution in [3.63, 3.8) is 0 Å². The molecule has 0 rings (SSSR count). The summed E-state index contributed by atoms with van der Waals surface area (Å²) in [7, 11) is -3.76. The van der Waals surface area contributed by atoms with E-state index in [4.69, 9.17) is 11.5 Å². The van der Waals surface area contributed by atoms with Crippen molar-refractivity contribution >= 4 is 16.0 Å². The molecule has 0 aliphatic carbocycles. The first-order valence-corrected chi connectivity index (χ1v) is 5.71. The summed E-state index contributed by atoms with van der Waals surface area (Å²) in [6.07, 6.45) is 5.81. The highest BCUT2D eigenvalue weighted by Gasteiger charge is 2.19. The van der Waals surface area contributed by atoms with E-state index in [1.807, 2.05) is 0 Å². The Morgan fingerprint density at radius 2 is 2.21 bits per heavy atom. The van der Waals surface area contributed by atoms with E-state index in [1.165, 1.54) is 0 Å². The van der Waals surface area contributed by atoms with E-state index in [0.29, 0.717) is 6.42 Å². The van der Waals surface area contributed by atoms with Crippen LogP contribution in [0.15, 0.2) is 0 Å². The molecule has 0 amide bonds. The Bertz CT molecular complexity index is 328. The van der Waals surface area contributed by atoms with Gasteiger partial charge in [0, 0.05) is 12.5 Å². The second-order valence-electron chi connectivity index (χ2n) is 2.78. The highest BCUT2D eigenvalue weighted by molar-refractivity contribution is 7.90. The first-order valence-electron chi connectivity index (χ1n) is 4.06. The quantitative estimate of drug-likeness (QED) is 0.606. The number of hydrogen-bond donors (Lipinski definition) is 2. The number of terminal acetylenes is 1. The lowest BCUT2D eigenvalue weighted by Crippen LogP contribution is -2.37. The first-order chi connectivity index (χ1) is 6.41.